The monoisotopic (exact) mass is 371 g/mol. The molecule has 1 aromatic heterocycles. The van der Waals surface area contributed by atoms with Crippen LogP contribution >= 0.6 is 0 Å². The molecule has 0 fully saturated rings. The van der Waals surface area contributed by atoms with Gasteiger partial charge in [-0.25, -0.2) is 5.01 Å². The number of phenols is 1. The van der Waals surface area contributed by atoms with E-state index < -0.39 is 0 Å². The third-order valence-electron chi connectivity index (χ3n) is 5.02. The number of hydrazone groups is 1. The van der Waals surface area contributed by atoms with Gasteiger partial charge in [0, 0.05) is 18.8 Å². The average molecular weight is 371 g/mol. The minimum absolute atomic E-state index is 0.169. The number of aromatic nitrogens is 1. The van der Waals surface area contributed by atoms with E-state index in [-0.39, 0.29) is 17.7 Å². The molecule has 1 N–H and O–H groups in total. The lowest BCUT2D eigenvalue weighted by atomic mass is 9.93. The Morgan fingerprint density at radius 1 is 1.11 bits per heavy atom. The van der Waals surface area contributed by atoms with Crippen molar-refractivity contribution in [1.82, 2.24) is 9.99 Å². The van der Waals surface area contributed by atoms with E-state index in [1.807, 2.05) is 24.3 Å². The predicted octanol–water partition coefficient (Wildman–Crippen LogP) is 4.34. The Labute approximate surface area is 164 Å². The second kappa shape index (κ2) is 7.64. The lowest BCUT2D eigenvalue weighted by Gasteiger charge is -2.24. The molecular weight excluding hydrogens is 350 g/mol. The highest BCUT2D eigenvalue weighted by molar-refractivity contribution is 6.05. The third-order valence-corrected chi connectivity index (χ3v) is 5.02. The van der Waals surface area contributed by atoms with Crippen molar-refractivity contribution in [3.8, 4) is 5.75 Å². The molecule has 2 aromatic carbocycles. The Morgan fingerprint density at radius 3 is 2.61 bits per heavy atom. The number of aromatic hydroxyl groups is 1. The maximum atomic E-state index is 13.2. The van der Waals surface area contributed by atoms with Crippen molar-refractivity contribution in [2.75, 3.05) is 0 Å². The van der Waals surface area contributed by atoms with Crippen molar-refractivity contribution in [2.45, 2.75) is 25.8 Å². The molecule has 4 rings (SSSR count). The van der Waals surface area contributed by atoms with Crippen LogP contribution in [0.15, 0.2) is 78.2 Å². The zero-order chi connectivity index (χ0) is 19.5. The van der Waals surface area contributed by atoms with E-state index >= 15 is 0 Å². The summed E-state index contributed by atoms with van der Waals surface area (Å²) in [6.45, 7) is 2.11. The van der Waals surface area contributed by atoms with Gasteiger partial charge in [-0.1, -0.05) is 31.2 Å². The van der Waals surface area contributed by atoms with Crippen molar-refractivity contribution in [3.05, 3.63) is 95.3 Å². The van der Waals surface area contributed by atoms with Gasteiger partial charge in [-0.05, 0) is 59.5 Å². The number of hydrogen-bond acceptors (Lipinski definition) is 4. The summed E-state index contributed by atoms with van der Waals surface area (Å²) in [5.41, 5.74) is 4.56. The first kappa shape index (κ1) is 17.9. The number of hydrogen-bond donors (Lipinski definition) is 1. The number of benzene rings is 2. The Morgan fingerprint density at radius 2 is 1.89 bits per heavy atom. The Balaban J connectivity index is 1.76. The van der Waals surface area contributed by atoms with Crippen molar-refractivity contribution in [2.24, 2.45) is 5.10 Å². The highest BCUT2D eigenvalue weighted by Gasteiger charge is 2.34. The fourth-order valence-corrected chi connectivity index (χ4v) is 3.57. The molecule has 1 atom stereocenters. The number of rotatable bonds is 4. The summed E-state index contributed by atoms with van der Waals surface area (Å²) < 4.78 is 0. The molecule has 5 nitrogen and oxygen atoms in total. The van der Waals surface area contributed by atoms with E-state index in [9.17, 15) is 9.90 Å². The van der Waals surface area contributed by atoms with Crippen molar-refractivity contribution in [3.63, 3.8) is 0 Å². The number of aryl methyl sites for hydroxylation is 1. The quantitative estimate of drug-likeness (QED) is 0.742. The second-order valence-corrected chi connectivity index (χ2v) is 6.76. The van der Waals surface area contributed by atoms with E-state index in [1.165, 1.54) is 5.56 Å². The number of carbonyl (C=O) groups is 1. The lowest BCUT2D eigenvalue weighted by molar-refractivity contribution is 0.0710. The molecule has 1 aliphatic rings. The van der Waals surface area contributed by atoms with Crippen LogP contribution in [0, 0.1) is 0 Å². The lowest BCUT2D eigenvalue weighted by Crippen LogP contribution is -2.27. The molecule has 140 valence electrons. The van der Waals surface area contributed by atoms with Crippen molar-refractivity contribution in [1.29, 1.82) is 0 Å². The van der Waals surface area contributed by atoms with Crippen molar-refractivity contribution >= 4 is 11.6 Å². The largest absolute Gasteiger partial charge is 0.508 e. The standard InChI is InChI=1S/C23H21N3O2/c1-2-16-6-3-4-8-20(16)22-14-21(17-9-11-19(27)12-10-17)25-26(22)23(28)18-7-5-13-24-15-18/h3-13,15,22,27H,2,14H2,1H3. The van der Waals surface area contributed by atoms with Crippen LogP contribution in [-0.2, 0) is 6.42 Å². The molecule has 0 saturated heterocycles. The van der Waals surface area contributed by atoms with Gasteiger partial charge in [0.1, 0.15) is 5.75 Å². The molecule has 0 spiro atoms. The minimum Gasteiger partial charge on any atom is -0.508 e. The Hall–Kier alpha value is -3.47. The number of pyridine rings is 1. The smallest absolute Gasteiger partial charge is 0.276 e. The zero-order valence-electron chi connectivity index (χ0n) is 15.6. The maximum Gasteiger partial charge on any atom is 0.276 e. The third kappa shape index (κ3) is 3.39. The molecule has 2 heterocycles. The normalized spacial score (nSPS) is 16.1. The van der Waals surface area contributed by atoms with Crippen LogP contribution < -0.4 is 0 Å². The minimum atomic E-state index is -0.173. The summed E-state index contributed by atoms with van der Waals surface area (Å²) in [5, 5.41) is 15.8. The molecule has 0 aliphatic carbocycles. The highest BCUT2D eigenvalue weighted by Crippen LogP contribution is 2.35. The van der Waals surface area contributed by atoms with Crippen LogP contribution in [0.3, 0.4) is 0 Å². The molecule has 1 amide bonds. The van der Waals surface area contributed by atoms with Gasteiger partial charge in [0.2, 0.25) is 0 Å². The molecule has 0 saturated carbocycles. The second-order valence-electron chi connectivity index (χ2n) is 6.76. The average Bonchev–Trinajstić information content (AvgIpc) is 3.19. The Bertz CT molecular complexity index is 1010. The van der Waals surface area contributed by atoms with Gasteiger partial charge in [0.15, 0.2) is 0 Å². The van der Waals surface area contributed by atoms with E-state index in [4.69, 9.17) is 0 Å². The summed E-state index contributed by atoms with van der Waals surface area (Å²) in [7, 11) is 0. The van der Waals surface area contributed by atoms with E-state index in [1.54, 1.807) is 41.7 Å². The number of carbonyl (C=O) groups excluding carboxylic acids is 1. The van der Waals surface area contributed by atoms with Gasteiger partial charge >= 0.3 is 0 Å². The van der Waals surface area contributed by atoms with Crippen LogP contribution in [-0.4, -0.2) is 26.7 Å². The molecule has 0 bridgehead atoms. The SMILES string of the molecule is CCc1ccccc1C1CC(c2ccc(O)cc2)=NN1C(=O)c1cccnc1. The Kier molecular flexibility index (Phi) is 4.89. The molecule has 5 heteroatoms. The number of nitrogens with zero attached hydrogens (tertiary/aromatic N) is 3. The highest BCUT2D eigenvalue weighted by atomic mass is 16.3. The van der Waals surface area contributed by atoms with E-state index in [0.717, 1.165) is 23.3 Å². The molecule has 1 unspecified atom stereocenters. The fraction of sp³-hybridized carbons (Fsp3) is 0.174. The summed E-state index contributed by atoms with van der Waals surface area (Å²) >= 11 is 0. The summed E-state index contributed by atoms with van der Waals surface area (Å²) in [5.74, 6) is 0.0382. The van der Waals surface area contributed by atoms with Crippen LogP contribution in [0.1, 0.15) is 46.4 Å². The van der Waals surface area contributed by atoms with E-state index in [2.05, 4.69) is 29.1 Å². The summed E-state index contributed by atoms with van der Waals surface area (Å²) in [4.78, 5) is 17.3. The van der Waals surface area contributed by atoms with Crippen molar-refractivity contribution < 1.29 is 9.90 Å². The number of phenolic OH excluding ortho intramolecular Hbond substituents is 1. The van der Waals surface area contributed by atoms with Crippen LogP contribution in [0.2, 0.25) is 0 Å². The molecule has 3 aromatic rings. The van der Waals surface area contributed by atoms with Gasteiger partial charge in [0.25, 0.3) is 5.91 Å². The van der Waals surface area contributed by atoms with Crippen LogP contribution in [0.5, 0.6) is 5.75 Å². The first-order chi connectivity index (χ1) is 13.7. The van der Waals surface area contributed by atoms with E-state index in [0.29, 0.717) is 12.0 Å². The molecule has 28 heavy (non-hydrogen) atoms. The van der Waals surface area contributed by atoms with Gasteiger partial charge in [-0.2, -0.15) is 5.10 Å². The van der Waals surface area contributed by atoms with Gasteiger partial charge in [0.05, 0.1) is 17.3 Å². The zero-order valence-corrected chi connectivity index (χ0v) is 15.6. The topological polar surface area (TPSA) is 65.8 Å². The summed E-state index contributed by atoms with van der Waals surface area (Å²) in [6, 6.07) is 18.5. The van der Waals surface area contributed by atoms with Gasteiger partial charge < -0.3 is 5.11 Å². The summed E-state index contributed by atoms with van der Waals surface area (Å²) in [6.07, 6.45) is 4.72. The first-order valence-electron chi connectivity index (χ1n) is 9.35. The fourth-order valence-electron chi connectivity index (χ4n) is 3.57. The van der Waals surface area contributed by atoms with Crippen LogP contribution in [0.25, 0.3) is 0 Å². The van der Waals surface area contributed by atoms with Gasteiger partial charge in [-0.3, -0.25) is 9.78 Å². The first-order valence-corrected chi connectivity index (χ1v) is 9.35. The molecular formula is C23H21N3O2. The van der Waals surface area contributed by atoms with Crippen LogP contribution in [0.4, 0.5) is 0 Å². The maximum absolute atomic E-state index is 13.2. The predicted molar refractivity (Wildman–Crippen MR) is 108 cm³/mol. The molecule has 0 radical (unpaired) electrons. The molecule has 1 aliphatic heterocycles. The van der Waals surface area contributed by atoms with Gasteiger partial charge in [-0.15, -0.1) is 0 Å². The number of amides is 1.